The first-order chi connectivity index (χ1) is 15.5. The molecule has 1 aliphatic rings. The Kier molecular flexibility index (Phi) is 4.86. The monoisotopic (exact) mass is 421 g/mol. The summed E-state index contributed by atoms with van der Waals surface area (Å²) in [6, 6.07) is 21.3. The third kappa shape index (κ3) is 3.38. The maximum absolute atomic E-state index is 13.5. The van der Waals surface area contributed by atoms with Crippen molar-refractivity contribution in [2.75, 3.05) is 7.11 Å². The van der Waals surface area contributed by atoms with Crippen LogP contribution in [-0.4, -0.2) is 28.3 Å². The molecule has 2 aromatic carbocycles. The van der Waals surface area contributed by atoms with Gasteiger partial charge in [0.25, 0.3) is 5.91 Å². The van der Waals surface area contributed by atoms with Crippen molar-refractivity contribution < 1.29 is 9.53 Å². The number of rotatable bonds is 4. The molecule has 1 aliphatic heterocycles. The van der Waals surface area contributed by atoms with Crippen LogP contribution in [0.5, 0.6) is 0 Å². The van der Waals surface area contributed by atoms with E-state index < -0.39 is 0 Å². The van der Waals surface area contributed by atoms with Crippen molar-refractivity contribution in [1.82, 2.24) is 9.55 Å². The Morgan fingerprint density at radius 1 is 1.03 bits per heavy atom. The van der Waals surface area contributed by atoms with E-state index in [4.69, 9.17) is 9.73 Å². The van der Waals surface area contributed by atoms with E-state index in [0.29, 0.717) is 17.0 Å². The van der Waals surface area contributed by atoms with E-state index >= 15 is 0 Å². The second-order valence-corrected chi connectivity index (χ2v) is 7.88. The molecule has 0 unspecified atom stereocenters. The van der Waals surface area contributed by atoms with E-state index in [0.717, 1.165) is 39.2 Å². The number of aryl methyl sites for hydroxylation is 2. The fraction of sp³-hybridized carbons (Fsp3) is 0.111. The summed E-state index contributed by atoms with van der Waals surface area (Å²) in [4.78, 5) is 21.7. The number of aliphatic imine (C=N–C) groups is 1. The van der Waals surface area contributed by atoms with Crippen LogP contribution in [0.15, 0.2) is 89.3 Å². The number of fused-ring (bicyclic) bond motifs is 1. The van der Waals surface area contributed by atoms with Crippen LogP contribution in [0.1, 0.15) is 33.0 Å². The van der Waals surface area contributed by atoms with Gasteiger partial charge in [0.1, 0.15) is 11.5 Å². The van der Waals surface area contributed by atoms with Gasteiger partial charge in [-0.25, -0.2) is 4.99 Å². The van der Waals surface area contributed by atoms with Crippen molar-refractivity contribution in [3.63, 3.8) is 0 Å². The van der Waals surface area contributed by atoms with Gasteiger partial charge in [0.15, 0.2) is 0 Å². The van der Waals surface area contributed by atoms with Gasteiger partial charge in [0, 0.05) is 28.4 Å². The second kappa shape index (κ2) is 7.85. The summed E-state index contributed by atoms with van der Waals surface area (Å²) in [5, 5.41) is 0.982. The molecule has 0 bridgehead atoms. The lowest BCUT2D eigenvalue weighted by Crippen LogP contribution is -2.17. The maximum atomic E-state index is 13.5. The molecule has 0 aliphatic carbocycles. The predicted molar refractivity (Wildman–Crippen MR) is 128 cm³/mol. The molecule has 1 N–H and O–H groups in total. The molecule has 4 aromatic rings. The minimum Gasteiger partial charge on any atom is -0.494 e. The average molecular weight is 422 g/mol. The average Bonchev–Trinajstić information content (AvgIpc) is 3.48. The van der Waals surface area contributed by atoms with Crippen LogP contribution in [0, 0.1) is 13.8 Å². The minimum atomic E-state index is -0.0925. The topological polar surface area (TPSA) is 59.4 Å². The van der Waals surface area contributed by atoms with Crippen molar-refractivity contribution in [3.8, 4) is 0 Å². The van der Waals surface area contributed by atoms with Crippen LogP contribution in [-0.2, 0) is 4.74 Å². The van der Waals surface area contributed by atoms with Crippen LogP contribution >= 0.6 is 0 Å². The minimum absolute atomic E-state index is 0.0925. The number of nitrogens with zero attached hydrogens (tertiary/aromatic N) is 2. The maximum Gasteiger partial charge on any atom is 0.262 e. The number of H-pyrrole nitrogens is 1. The molecule has 3 heterocycles. The van der Waals surface area contributed by atoms with Gasteiger partial charge in [-0.05, 0) is 55.8 Å². The lowest BCUT2D eigenvalue weighted by Gasteiger charge is -2.09. The second-order valence-electron chi connectivity index (χ2n) is 7.88. The zero-order chi connectivity index (χ0) is 22.2. The summed E-state index contributed by atoms with van der Waals surface area (Å²) >= 11 is 0. The molecule has 0 amide bonds. The first-order valence-corrected chi connectivity index (χ1v) is 10.5. The molecule has 0 radical (unpaired) electrons. The Morgan fingerprint density at radius 2 is 1.78 bits per heavy atom. The lowest BCUT2D eigenvalue weighted by atomic mass is 10.2. The zero-order valence-corrected chi connectivity index (χ0v) is 18.2. The molecule has 0 saturated heterocycles. The predicted octanol–water partition coefficient (Wildman–Crippen LogP) is 5.65. The van der Waals surface area contributed by atoms with E-state index in [2.05, 4.69) is 18.0 Å². The number of ether oxygens (including phenoxy) is 1. The highest BCUT2D eigenvalue weighted by molar-refractivity contribution is 6.17. The number of methoxy groups -OCH3 is 1. The van der Waals surface area contributed by atoms with E-state index in [9.17, 15) is 4.79 Å². The lowest BCUT2D eigenvalue weighted by molar-refractivity contribution is 0.0964. The number of hydrogen-bond acceptors (Lipinski definition) is 3. The molecular weight excluding hydrogens is 398 g/mol. The fourth-order valence-corrected chi connectivity index (χ4v) is 4.12. The highest BCUT2D eigenvalue weighted by Crippen LogP contribution is 2.29. The molecule has 5 heteroatoms. The molecule has 158 valence electrons. The molecule has 0 spiro atoms. The molecular formula is C27H23N3O2. The summed E-state index contributed by atoms with van der Waals surface area (Å²) in [5.74, 6) is 0.570. The van der Waals surface area contributed by atoms with Crippen LogP contribution in [0.3, 0.4) is 0 Å². The number of para-hydroxylation sites is 1. The number of hydrogen-bond donors (Lipinski definition) is 1. The Hall–Kier alpha value is -4.12. The molecule has 32 heavy (non-hydrogen) atoms. The first-order valence-electron chi connectivity index (χ1n) is 10.5. The number of carbonyl (C=O) groups is 1. The molecule has 0 atom stereocenters. The Balaban J connectivity index is 1.67. The Labute approximate surface area is 186 Å². The van der Waals surface area contributed by atoms with Crippen LogP contribution in [0.2, 0.25) is 0 Å². The van der Waals surface area contributed by atoms with Gasteiger partial charge < -0.3 is 9.72 Å². The van der Waals surface area contributed by atoms with Gasteiger partial charge in [0.2, 0.25) is 0 Å². The van der Waals surface area contributed by atoms with Gasteiger partial charge in [-0.1, -0.05) is 36.4 Å². The van der Waals surface area contributed by atoms with E-state index in [1.807, 2.05) is 79.7 Å². The van der Waals surface area contributed by atoms with Crippen molar-refractivity contribution >= 4 is 28.6 Å². The number of allylic oxidation sites excluding steroid dienone is 1. The summed E-state index contributed by atoms with van der Waals surface area (Å²) < 4.78 is 7.36. The van der Waals surface area contributed by atoms with E-state index in [1.165, 1.54) is 0 Å². The smallest absolute Gasteiger partial charge is 0.262 e. The quantitative estimate of drug-likeness (QED) is 0.463. The standard InChI is InChI=1S/C27H23N3O2/c1-17-13-18(2)28-21(17)15-23-26(32-3)16-22(29-23)25-14-20-11-7-8-12-24(20)30(25)27(31)19-9-5-4-6-10-19/h4-16,28H,1-3H3. The highest BCUT2D eigenvalue weighted by Gasteiger charge is 2.24. The fourth-order valence-electron chi connectivity index (χ4n) is 4.12. The van der Waals surface area contributed by atoms with Crippen LogP contribution < -0.4 is 0 Å². The van der Waals surface area contributed by atoms with Crippen LogP contribution in [0.25, 0.3) is 17.0 Å². The number of aromatic amines is 1. The highest BCUT2D eigenvalue weighted by atomic mass is 16.5. The molecule has 0 fully saturated rings. The van der Waals surface area contributed by atoms with Gasteiger partial charge in [-0.15, -0.1) is 0 Å². The molecule has 2 aromatic heterocycles. The van der Waals surface area contributed by atoms with Crippen molar-refractivity contribution in [2.24, 2.45) is 4.99 Å². The number of nitrogens with one attached hydrogen (secondary N) is 1. The molecule has 0 saturated carbocycles. The van der Waals surface area contributed by atoms with Gasteiger partial charge in [0.05, 0.1) is 24.0 Å². The normalized spacial score (nSPS) is 14.7. The third-order valence-electron chi connectivity index (χ3n) is 5.65. The molecule has 5 rings (SSSR count). The first kappa shape index (κ1) is 19.8. The van der Waals surface area contributed by atoms with Gasteiger partial charge >= 0.3 is 0 Å². The van der Waals surface area contributed by atoms with E-state index in [1.54, 1.807) is 11.7 Å². The Bertz CT molecular complexity index is 1430. The SMILES string of the molecule is COC1=CC(c2cc3ccccc3n2C(=O)c2ccccc2)=NC1=Cc1[nH]c(C)cc1C. The van der Waals surface area contributed by atoms with E-state index in [-0.39, 0.29) is 5.91 Å². The zero-order valence-electron chi connectivity index (χ0n) is 18.2. The van der Waals surface area contributed by atoms with Crippen molar-refractivity contribution in [3.05, 3.63) is 112 Å². The van der Waals surface area contributed by atoms with Gasteiger partial charge in [-0.3, -0.25) is 9.36 Å². The summed E-state index contributed by atoms with van der Waals surface area (Å²) in [6.45, 7) is 4.08. The number of carbonyl (C=O) groups excluding carboxylic acids is 1. The molecule has 5 nitrogen and oxygen atoms in total. The van der Waals surface area contributed by atoms with Gasteiger partial charge in [-0.2, -0.15) is 0 Å². The summed E-state index contributed by atoms with van der Waals surface area (Å²) in [5.41, 5.74) is 6.84. The van der Waals surface area contributed by atoms with Crippen molar-refractivity contribution in [2.45, 2.75) is 13.8 Å². The largest absolute Gasteiger partial charge is 0.494 e. The Morgan fingerprint density at radius 3 is 2.50 bits per heavy atom. The van der Waals surface area contributed by atoms with Crippen LogP contribution in [0.4, 0.5) is 0 Å². The number of aromatic nitrogens is 2. The third-order valence-corrected chi connectivity index (χ3v) is 5.65. The number of benzene rings is 2. The summed E-state index contributed by atoms with van der Waals surface area (Å²) in [6.07, 6.45) is 3.87. The van der Waals surface area contributed by atoms with Crippen molar-refractivity contribution in [1.29, 1.82) is 0 Å². The summed E-state index contributed by atoms with van der Waals surface area (Å²) in [7, 11) is 1.63.